The molecule has 1 unspecified atom stereocenters. The molecule has 174 valence electrons. The Hall–Kier alpha value is -2.67. The maximum Gasteiger partial charge on any atom is 0.247 e. The van der Waals surface area contributed by atoms with Crippen molar-refractivity contribution in [2.75, 3.05) is 20.1 Å². The number of hydrogen-bond acceptors (Lipinski definition) is 5. The topological polar surface area (TPSA) is 81.0 Å². The number of nitrogens with one attached hydrogen (secondary N) is 1. The van der Waals surface area contributed by atoms with Gasteiger partial charge in [-0.05, 0) is 61.4 Å². The Balaban J connectivity index is 1.96. The third-order valence-corrected chi connectivity index (χ3v) is 6.22. The summed E-state index contributed by atoms with van der Waals surface area (Å²) in [4.78, 5) is 27.9. The van der Waals surface area contributed by atoms with Crippen LogP contribution in [0.1, 0.15) is 50.0 Å². The summed E-state index contributed by atoms with van der Waals surface area (Å²) in [6.07, 6.45) is 5.53. The Kier molecular flexibility index (Phi) is 8.45. The number of rotatable bonds is 9. The fourth-order valence-electron chi connectivity index (χ4n) is 4.15. The lowest BCUT2D eigenvalue weighted by Gasteiger charge is -2.33. The van der Waals surface area contributed by atoms with E-state index >= 15 is 0 Å². The average molecular weight is 463 g/mol. The van der Waals surface area contributed by atoms with E-state index in [1.165, 1.54) is 18.3 Å². The predicted molar refractivity (Wildman–Crippen MR) is 122 cm³/mol. The molecule has 0 aliphatic heterocycles. The normalized spacial score (nSPS) is 19.1. The van der Waals surface area contributed by atoms with E-state index < -0.39 is 6.04 Å². The van der Waals surface area contributed by atoms with E-state index in [4.69, 9.17) is 25.5 Å². The zero-order chi connectivity index (χ0) is 23.1. The molecule has 2 amide bonds. The first-order valence-corrected chi connectivity index (χ1v) is 11.4. The molecule has 1 fully saturated rings. The standard InChI is InChI=1S/C24H31ClN2O5/c1-16-6-9-18(10-7-16)26-24(29)23(17-8-11-20(30-2)21(13-17)31-3)27(22(28)14-25)15-19-5-4-12-32-19/h4-5,8,11-13,16,18,23H,6-7,9-10,14-15H2,1-3H3,(H,26,29). The molecule has 0 bridgehead atoms. The van der Waals surface area contributed by atoms with Crippen LogP contribution in [0.5, 0.6) is 11.5 Å². The van der Waals surface area contributed by atoms with Crippen LogP contribution in [0.15, 0.2) is 41.0 Å². The van der Waals surface area contributed by atoms with Crippen LogP contribution >= 0.6 is 11.6 Å². The average Bonchev–Trinajstić information content (AvgIpc) is 3.32. The van der Waals surface area contributed by atoms with Crippen LogP contribution in [-0.4, -0.2) is 42.9 Å². The van der Waals surface area contributed by atoms with Crippen molar-refractivity contribution < 1.29 is 23.5 Å². The van der Waals surface area contributed by atoms with Crippen molar-refractivity contribution in [2.24, 2.45) is 5.92 Å². The van der Waals surface area contributed by atoms with E-state index in [0.717, 1.165) is 25.7 Å². The second-order valence-electron chi connectivity index (χ2n) is 8.22. The van der Waals surface area contributed by atoms with E-state index in [2.05, 4.69) is 12.2 Å². The Morgan fingerprint density at radius 2 is 1.88 bits per heavy atom. The van der Waals surface area contributed by atoms with Gasteiger partial charge in [0.05, 0.1) is 27.0 Å². The van der Waals surface area contributed by atoms with Crippen LogP contribution in [0.2, 0.25) is 0 Å². The molecule has 8 heteroatoms. The number of furan rings is 1. The maximum atomic E-state index is 13.6. The Labute approximate surface area is 194 Å². The highest BCUT2D eigenvalue weighted by atomic mass is 35.5. The number of hydrogen-bond donors (Lipinski definition) is 1. The number of amides is 2. The van der Waals surface area contributed by atoms with Crippen molar-refractivity contribution in [3.05, 3.63) is 47.9 Å². The van der Waals surface area contributed by atoms with Gasteiger partial charge < -0.3 is 24.1 Å². The molecule has 1 N–H and O–H groups in total. The van der Waals surface area contributed by atoms with Crippen molar-refractivity contribution >= 4 is 23.4 Å². The van der Waals surface area contributed by atoms with E-state index in [1.807, 2.05) is 0 Å². The molecule has 1 aliphatic carbocycles. The highest BCUT2D eigenvalue weighted by Gasteiger charge is 2.34. The van der Waals surface area contributed by atoms with Gasteiger partial charge in [0.25, 0.3) is 0 Å². The molecule has 1 saturated carbocycles. The van der Waals surface area contributed by atoms with Crippen molar-refractivity contribution in [2.45, 2.75) is 51.2 Å². The predicted octanol–water partition coefficient (Wildman–Crippen LogP) is 4.30. The van der Waals surface area contributed by atoms with Gasteiger partial charge in [0.2, 0.25) is 11.8 Å². The number of benzene rings is 1. The summed E-state index contributed by atoms with van der Waals surface area (Å²) in [6.45, 7) is 2.35. The van der Waals surface area contributed by atoms with Crippen LogP contribution in [0, 0.1) is 5.92 Å². The largest absolute Gasteiger partial charge is 0.493 e. The first kappa shape index (κ1) is 24.0. The number of carbonyl (C=O) groups is 2. The van der Waals surface area contributed by atoms with Crippen LogP contribution in [0.3, 0.4) is 0 Å². The number of nitrogens with zero attached hydrogens (tertiary/aromatic N) is 1. The van der Waals surface area contributed by atoms with Crippen molar-refractivity contribution in [3.63, 3.8) is 0 Å². The highest BCUT2D eigenvalue weighted by Crippen LogP contribution is 2.33. The lowest BCUT2D eigenvalue weighted by molar-refractivity contribution is -0.140. The maximum absolute atomic E-state index is 13.6. The summed E-state index contributed by atoms with van der Waals surface area (Å²) in [7, 11) is 3.08. The first-order chi connectivity index (χ1) is 15.5. The Morgan fingerprint density at radius 3 is 2.47 bits per heavy atom. The zero-order valence-corrected chi connectivity index (χ0v) is 19.6. The van der Waals surface area contributed by atoms with Gasteiger partial charge in [0.15, 0.2) is 11.5 Å². The van der Waals surface area contributed by atoms with Crippen LogP contribution in [0.25, 0.3) is 0 Å². The Bertz CT molecular complexity index is 894. The molecule has 1 heterocycles. The third-order valence-electron chi connectivity index (χ3n) is 5.99. The van der Waals surface area contributed by atoms with Gasteiger partial charge in [-0.2, -0.15) is 0 Å². The summed E-state index contributed by atoms with van der Waals surface area (Å²) < 4.78 is 16.2. The lowest BCUT2D eigenvalue weighted by Crippen LogP contribution is -2.47. The van der Waals surface area contributed by atoms with E-state index in [9.17, 15) is 9.59 Å². The van der Waals surface area contributed by atoms with Gasteiger partial charge in [0, 0.05) is 6.04 Å². The second kappa shape index (κ2) is 11.3. The highest BCUT2D eigenvalue weighted by molar-refractivity contribution is 6.27. The number of ether oxygens (including phenoxy) is 2. The summed E-state index contributed by atoms with van der Waals surface area (Å²) in [5.74, 6) is 1.38. The number of alkyl halides is 1. The van der Waals surface area contributed by atoms with E-state index in [-0.39, 0.29) is 30.3 Å². The number of methoxy groups -OCH3 is 2. The van der Waals surface area contributed by atoms with Crippen LogP contribution < -0.4 is 14.8 Å². The molecule has 1 aliphatic rings. The second-order valence-corrected chi connectivity index (χ2v) is 8.48. The van der Waals surface area contributed by atoms with Crippen molar-refractivity contribution in [1.29, 1.82) is 0 Å². The molecule has 0 saturated heterocycles. The SMILES string of the molecule is COc1ccc(C(C(=O)NC2CCC(C)CC2)N(Cc2ccco2)C(=O)CCl)cc1OC. The van der Waals surface area contributed by atoms with Crippen LogP contribution in [-0.2, 0) is 16.1 Å². The van der Waals surface area contributed by atoms with Gasteiger partial charge >= 0.3 is 0 Å². The van der Waals surface area contributed by atoms with Gasteiger partial charge in [-0.15, -0.1) is 11.6 Å². The fraction of sp³-hybridized carbons (Fsp3) is 0.500. The molecule has 0 spiro atoms. The molecular formula is C24H31ClN2O5. The summed E-state index contributed by atoms with van der Waals surface area (Å²) in [5.41, 5.74) is 0.606. The molecule has 7 nitrogen and oxygen atoms in total. The van der Waals surface area contributed by atoms with Crippen molar-refractivity contribution in [3.8, 4) is 11.5 Å². The van der Waals surface area contributed by atoms with Gasteiger partial charge in [-0.3, -0.25) is 9.59 Å². The van der Waals surface area contributed by atoms with E-state index in [0.29, 0.717) is 28.7 Å². The molecule has 32 heavy (non-hydrogen) atoms. The summed E-state index contributed by atoms with van der Waals surface area (Å²) in [6, 6.07) is 7.91. The number of halogens is 1. The Morgan fingerprint density at radius 1 is 1.16 bits per heavy atom. The molecule has 2 aromatic rings. The molecular weight excluding hydrogens is 432 g/mol. The van der Waals surface area contributed by atoms with Gasteiger partial charge in [-0.1, -0.05) is 13.0 Å². The minimum Gasteiger partial charge on any atom is -0.493 e. The van der Waals surface area contributed by atoms with E-state index in [1.54, 1.807) is 37.4 Å². The summed E-state index contributed by atoms with van der Waals surface area (Å²) in [5, 5.41) is 3.16. The first-order valence-electron chi connectivity index (χ1n) is 10.9. The molecule has 1 atom stereocenters. The number of carbonyl (C=O) groups excluding carboxylic acids is 2. The van der Waals surface area contributed by atoms with Gasteiger partial charge in [0.1, 0.15) is 17.7 Å². The lowest BCUT2D eigenvalue weighted by atomic mass is 9.87. The van der Waals surface area contributed by atoms with Crippen molar-refractivity contribution in [1.82, 2.24) is 10.2 Å². The van der Waals surface area contributed by atoms with Gasteiger partial charge in [-0.25, -0.2) is 0 Å². The quantitative estimate of drug-likeness (QED) is 0.562. The molecule has 1 aromatic heterocycles. The smallest absolute Gasteiger partial charge is 0.247 e. The van der Waals surface area contributed by atoms with Crippen LogP contribution in [0.4, 0.5) is 0 Å². The third kappa shape index (κ3) is 5.76. The zero-order valence-electron chi connectivity index (χ0n) is 18.8. The minimum atomic E-state index is -0.898. The summed E-state index contributed by atoms with van der Waals surface area (Å²) >= 11 is 5.94. The minimum absolute atomic E-state index is 0.0814. The molecule has 0 radical (unpaired) electrons. The monoisotopic (exact) mass is 462 g/mol. The molecule has 1 aromatic carbocycles. The molecule has 3 rings (SSSR count). The fourth-order valence-corrected chi connectivity index (χ4v) is 4.30.